The highest BCUT2D eigenvalue weighted by atomic mass is 16.5. The molecule has 0 aliphatic heterocycles. The van der Waals surface area contributed by atoms with E-state index in [0.717, 1.165) is 4.57 Å². The maximum atomic E-state index is 12.4. The Morgan fingerprint density at radius 3 is 2.31 bits per heavy atom. The number of carbonyl (C=O) groups is 1. The van der Waals surface area contributed by atoms with Crippen molar-refractivity contribution in [2.75, 3.05) is 12.4 Å². The first-order valence-electron chi connectivity index (χ1n) is 7.90. The number of amides is 1. The van der Waals surface area contributed by atoms with Crippen LogP contribution in [0.25, 0.3) is 5.69 Å². The molecule has 1 heterocycles. The molecule has 0 bridgehead atoms. The van der Waals surface area contributed by atoms with Gasteiger partial charge in [0.2, 0.25) is 5.91 Å². The van der Waals surface area contributed by atoms with E-state index in [-0.39, 0.29) is 12.5 Å². The number of benzene rings is 2. The van der Waals surface area contributed by atoms with Crippen LogP contribution in [0.1, 0.15) is 0 Å². The predicted octanol–water partition coefficient (Wildman–Crippen LogP) is 1.65. The second kappa shape index (κ2) is 7.52. The summed E-state index contributed by atoms with van der Waals surface area (Å²) >= 11 is 0. The highest BCUT2D eigenvalue weighted by molar-refractivity contribution is 5.90. The summed E-state index contributed by atoms with van der Waals surface area (Å²) in [6.45, 7) is -0.244. The molecule has 3 rings (SSSR count). The molecule has 0 fully saturated rings. The van der Waals surface area contributed by atoms with E-state index in [4.69, 9.17) is 4.74 Å². The molecule has 0 saturated carbocycles. The minimum Gasteiger partial charge on any atom is -0.497 e. The van der Waals surface area contributed by atoms with E-state index in [1.807, 2.05) is 6.07 Å². The largest absolute Gasteiger partial charge is 0.497 e. The van der Waals surface area contributed by atoms with Crippen molar-refractivity contribution >= 4 is 11.6 Å². The number of ether oxygens (including phenoxy) is 1. The molecule has 1 N–H and O–H groups in total. The number of aromatic nitrogens is 2. The van der Waals surface area contributed by atoms with Gasteiger partial charge in [0.05, 0.1) is 7.11 Å². The Labute approximate surface area is 149 Å². The van der Waals surface area contributed by atoms with Crippen molar-refractivity contribution in [2.24, 2.45) is 0 Å². The van der Waals surface area contributed by atoms with Crippen molar-refractivity contribution in [2.45, 2.75) is 6.54 Å². The lowest BCUT2D eigenvalue weighted by Crippen LogP contribution is -2.41. The van der Waals surface area contributed by atoms with E-state index in [0.29, 0.717) is 17.1 Å². The Bertz CT molecular complexity index is 1020. The molecule has 0 spiro atoms. The third-order valence-corrected chi connectivity index (χ3v) is 3.78. The summed E-state index contributed by atoms with van der Waals surface area (Å²) in [6, 6.07) is 15.6. The lowest BCUT2D eigenvalue weighted by atomic mass is 10.3. The van der Waals surface area contributed by atoms with Gasteiger partial charge in [0.1, 0.15) is 12.3 Å². The Balaban J connectivity index is 1.82. The fraction of sp³-hybridized carbons (Fsp3) is 0.105. The molecular weight excluding hydrogens is 334 g/mol. The quantitative estimate of drug-likeness (QED) is 0.709. The molecule has 7 nitrogen and oxygen atoms in total. The SMILES string of the molecule is COc1ccc(-n2ccn(CC(=O)Nc3ccccc3)c(=O)c2=O)cc1. The average Bonchev–Trinajstić information content (AvgIpc) is 2.66. The summed E-state index contributed by atoms with van der Waals surface area (Å²) in [4.78, 5) is 36.7. The minimum atomic E-state index is -0.772. The van der Waals surface area contributed by atoms with Crippen molar-refractivity contribution in [3.05, 3.63) is 87.7 Å². The Morgan fingerprint density at radius 2 is 1.65 bits per heavy atom. The van der Waals surface area contributed by atoms with Crippen LogP contribution >= 0.6 is 0 Å². The summed E-state index contributed by atoms with van der Waals surface area (Å²) in [5.41, 5.74) is -0.345. The smallest absolute Gasteiger partial charge is 0.320 e. The van der Waals surface area contributed by atoms with Crippen molar-refractivity contribution in [3.63, 3.8) is 0 Å². The summed E-state index contributed by atoms with van der Waals surface area (Å²) < 4.78 is 7.39. The Morgan fingerprint density at radius 1 is 0.962 bits per heavy atom. The molecule has 132 valence electrons. The molecule has 3 aromatic rings. The van der Waals surface area contributed by atoms with Crippen LogP contribution < -0.4 is 21.2 Å². The third-order valence-electron chi connectivity index (χ3n) is 3.78. The normalized spacial score (nSPS) is 10.3. The number of nitrogens with one attached hydrogen (secondary N) is 1. The van der Waals surface area contributed by atoms with Crippen molar-refractivity contribution in [3.8, 4) is 11.4 Å². The van der Waals surface area contributed by atoms with Crippen LogP contribution in [0.5, 0.6) is 5.75 Å². The van der Waals surface area contributed by atoms with Gasteiger partial charge in [0.25, 0.3) is 0 Å². The van der Waals surface area contributed by atoms with Crippen LogP contribution in [0, 0.1) is 0 Å². The number of hydrogen-bond donors (Lipinski definition) is 1. The second-order valence-electron chi connectivity index (χ2n) is 5.52. The summed E-state index contributed by atoms with van der Waals surface area (Å²) in [6.07, 6.45) is 2.87. The number of anilines is 1. The van der Waals surface area contributed by atoms with Gasteiger partial charge < -0.3 is 10.1 Å². The molecule has 0 aliphatic carbocycles. The van der Waals surface area contributed by atoms with Crippen LogP contribution in [0.3, 0.4) is 0 Å². The van der Waals surface area contributed by atoms with Gasteiger partial charge >= 0.3 is 11.1 Å². The number of para-hydroxylation sites is 1. The summed E-state index contributed by atoms with van der Waals surface area (Å²) in [7, 11) is 1.54. The number of hydrogen-bond acceptors (Lipinski definition) is 4. The van der Waals surface area contributed by atoms with Crippen LogP contribution in [-0.2, 0) is 11.3 Å². The number of methoxy groups -OCH3 is 1. The monoisotopic (exact) mass is 351 g/mol. The lowest BCUT2D eigenvalue weighted by Gasteiger charge is -2.10. The fourth-order valence-electron chi connectivity index (χ4n) is 2.46. The lowest BCUT2D eigenvalue weighted by molar-refractivity contribution is -0.116. The van der Waals surface area contributed by atoms with E-state index in [1.54, 1.807) is 55.6 Å². The Hall–Kier alpha value is -3.61. The van der Waals surface area contributed by atoms with Gasteiger partial charge in [-0.1, -0.05) is 18.2 Å². The van der Waals surface area contributed by atoms with Gasteiger partial charge in [-0.3, -0.25) is 23.5 Å². The zero-order valence-electron chi connectivity index (χ0n) is 14.1. The van der Waals surface area contributed by atoms with Gasteiger partial charge in [-0.05, 0) is 36.4 Å². The van der Waals surface area contributed by atoms with Crippen LogP contribution in [0.15, 0.2) is 76.6 Å². The highest BCUT2D eigenvalue weighted by Crippen LogP contribution is 2.13. The first-order valence-corrected chi connectivity index (χ1v) is 7.90. The molecule has 0 radical (unpaired) electrons. The average molecular weight is 351 g/mol. The van der Waals surface area contributed by atoms with Crippen molar-refractivity contribution < 1.29 is 9.53 Å². The molecule has 7 heteroatoms. The summed E-state index contributed by atoms with van der Waals surface area (Å²) in [5.74, 6) is 0.257. The van der Waals surface area contributed by atoms with Crippen molar-refractivity contribution in [1.82, 2.24) is 9.13 Å². The first kappa shape index (κ1) is 17.2. The molecule has 2 aromatic carbocycles. The van der Waals surface area contributed by atoms with Gasteiger partial charge in [-0.25, -0.2) is 0 Å². The highest BCUT2D eigenvalue weighted by Gasteiger charge is 2.10. The minimum absolute atomic E-state index is 0.244. The van der Waals surface area contributed by atoms with Gasteiger partial charge in [-0.15, -0.1) is 0 Å². The zero-order valence-corrected chi connectivity index (χ0v) is 14.1. The second-order valence-corrected chi connectivity index (χ2v) is 5.52. The maximum absolute atomic E-state index is 12.4. The first-order chi connectivity index (χ1) is 12.6. The molecule has 1 aromatic heterocycles. The molecule has 0 saturated heterocycles. The standard InChI is InChI=1S/C19H17N3O4/c1-26-16-9-7-15(8-10-16)22-12-11-21(18(24)19(22)25)13-17(23)20-14-5-3-2-4-6-14/h2-12H,13H2,1H3,(H,20,23). The van der Waals surface area contributed by atoms with Crippen LogP contribution in [-0.4, -0.2) is 22.2 Å². The van der Waals surface area contributed by atoms with Crippen LogP contribution in [0.4, 0.5) is 5.69 Å². The van der Waals surface area contributed by atoms with E-state index >= 15 is 0 Å². The van der Waals surface area contributed by atoms with E-state index in [2.05, 4.69) is 5.32 Å². The summed E-state index contributed by atoms with van der Waals surface area (Å²) in [5, 5.41) is 2.67. The number of rotatable bonds is 5. The number of carbonyl (C=O) groups excluding carboxylic acids is 1. The predicted molar refractivity (Wildman–Crippen MR) is 97.9 cm³/mol. The third kappa shape index (κ3) is 3.72. The van der Waals surface area contributed by atoms with E-state index in [1.165, 1.54) is 17.0 Å². The number of nitrogens with zero attached hydrogens (tertiary/aromatic N) is 2. The van der Waals surface area contributed by atoms with Crippen LogP contribution in [0.2, 0.25) is 0 Å². The topological polar surface area (TPSA) is 82.3 Å². The van der Waals surface area contributed by atoms with E-state index in [9.17, 15) is 14.4 Å². The molecule has 0 atom stereocenters. The van der Waals surface area contributed by atoms with Gasteiger partial charge in [0.15, 0.2) is 0 Å². The van der Waals surface area contributed by atoms with Crippen molar-refractivity contribution in [1.29, 1.82) is 0 Å². The molecule has 0 aliphatic rings. The maximum Gasteiger partial charge on any atom is 0.320 e. The fourth-order valence-corrected chi connectivity index (χ4v) is 2.46. The molecule has 26 heavy (non-hydrogen) atoms. The molecule has 1 amide bonds. The van der Waals surface area contributed by atoms with Gasteiger partial charge in [0, 0.05) is 23.8 Å². The Kier molecular flexibility index (Phi) is 4.98. The zero-order chi connectivity index (χ0) is 18.5. The molecular formula is C19H17N3O4. The van der Waals surface area contributed by atoms with E-state index < -0.39 is 11.1 Å². The van der Waals surface area contributed by atoms with Gasteiger partial charge in [-0.2, -0.15) is 0 Å². The molecule has 0 unspecified atom stereocenters.